The highest BCUT2D eigenvalue weighted by molar-refractivity contribution is 7.80. The maximum atomic E-state index is 14.6. The predicted octanol–water partition coefficient (Wildman–Crippen LogP) is 6.66. The third kappa shape index (κ3) is 6.54. The van der Waals surface area contributed by atoms with Crippen molar-refractivity contribution in [1.82, 2.24) is 0 Å². The first kappa shape index (κ1) is 23.4. The van der Waals surface area contributed by atoms with Crippen LogP contribution in [0, 0.1) is 0 Å². The Bertz CT molecular complexity index is 777. The van der Waals surface area contributed by atoms with Gasteiger partial charge in [-0.2, -0.15) is 0 Å². The molecule has 2 nitrogen and oxygen atoms in total. The SMILES string of the molecule is CCCCCCCCC(=O)[C@H](C=C(C)C)P(=O)(c1ccccc1)c1ccccc1. The van der Waals surface area contributed by atoms with Crippen molar-refractivity contribution >= 4 is 23.5 Å². The first-order chi connectivity index (χ1) is 14.0. The van der Waals surface area contributed by atoms with Gasteiger partial charge in [0, 0.05) is 17.0 Å². The molecule has 0 heterocycles. The molecular formula is C26H35O2P. The Morgan fingerprint density at radius 2 is 1.31 bits per heavy atom. The Kier molecular flexibility index (Phi) is 9.61. The number of rotatable bonds is 12. The van der Waals surface area contributed by atoms with Gasteiger partial charge in [0.25, 0.3) is 0 Å². The molecule has 0 N–H and O–H groups in total. The quantitative estimate of drug-likeness (QED) is 0.223. The summed E-state index contributed by atoms with van der Waals surface area (Å²) >= 11 is 0. The first-order valence-corrected chi connectivity index (χ1v) is 12.7. The van der Waals surface area contributed by atoms with Crippen molar-refractivity contribution in [3.8, 4) is 0 Å². The molecule has 0 fully saturated rings. The number of allylic oxidation sites excluding steroid dienone is 2. The van der Waals surface area contributed by atoms with Gasteiger partial charge in [-0.3, -0.25) is 4.79 Å². The van der Waals surface area contributed by atoms with Gasteiger partial charge in [0.15, 0.2) is 7.14 Å². The van der Waals surface area contributed by atoms with Gasteiger partial charge in [-0.25, -0.2) is 0 Å². The highest BCUT2D eigenvalue weighted by atomic mass is 31.2. The molecule has 0 aromatic heterocycles. The van der Waals surface area contributed by atoms with Gasteiger partial charge in [0.2, 0.25) is 0 Å². The van der Waals surface area contributed by atoms with Crippen LogP contribution < -0.4 is 10.6 Å². The van der Waals surface area contributed by atoms with Crippen LogP contribution in [0.3, 0.4) is 0 Å². The van der Waals surface area contributed by atoms with Crippen molar-refractivity contribution in [2.45, 2.75) is 71.4 Å². The zero-order chi connectivity index (χ0) is 21.1. The molecule has 3 heteroatoms. The van der Waals surface area contributed by atoms with E-state index in [2.05, 4.69) is 6.92 Å². The second-order valence-electron chi connectivity index (χ2n) is 8.00. The molecule has 2 aromatic carbocycles. The van der Waals surface area contributed by atoms with Crippen LogP contribution in [-0.4, -0.2) is 11.4 Å². The van der Waals surface area contributed by atoms with Crippen LogP contribution >= 0.6 is 7.14 Å². The van der Waals surface area contributed by atoms with Gasteiger partial charge in [-0.05, 0) is 20.3 Å². The van der Waals surface area contributed by atoms with Crippen molar-refractivity contribution < 1.29 is 9.36 Å². The molecule has 29 heavy (non-hydrogen) atoms. The molecule has 0 saturated heterocycles. The molecule has 0 spiro atoms. The van der Waals surface area contributed by atoms with Crippen LogP contribution in [0.1, 0.15) is 65.7 Å². The van der Waals surface area contributed by atoms with Crippen LogP contribution in [0.2, 0.25) is 0 Å². The van der Waals surface area contributed by atoms with Crippen molar-refractivity contribution in [2.24, 2.45) is 0 Å². The lowest BCUT2D eigenvalue weighted by atomic mass is 10.1. The summed E-state index contributed by atoms with van der Waals surface area (Å²) in [6, 6.07) is 19.1. The molecule has 1 atom stereocenters. The van der Waals surface area contributed by atoms with Crippen molar-refractivity contribution in [3.05, 3.63) is 72.3 Å². The van der Waals surface area contributed by atoms with E-state index < -0.39 is 12.8 Å². The van der Waals surface area contributed by atoms with Crippen LogP contribution in [0.15, 0.2) is 72.3 Å². The lowest BCUT2D eigenvalue weighted by molar-refractivity contribution is -0.118. The molecule has 2 rings (SSSR count). The number of hydrogen-bond acceptors (Lipinski definition) is 2. The zero-order valence-electron chi connectivity index (χ0n) is 18.1. The number of Topliss-reactive ketones (excluding diaryl/α,β-unsaturated/α-hetero) is 1. The second-order valence-corrected chi connectivity index (χ2v) is 10.9. The monoisotopic (exact) mass is 410 g/mol. The third-order valence-corrected chi connectivity index (χ3v) is 8.62. The summed E-state index contributed by atoms with van der Waals surface area (Å²) in [5, 5.41) is 1.51. The van der Waals surface area contributed by atoms with Gasteiger partial charge in [0.1, 0.15) is 5.78 Å². The van der Waals surface area contributed by atoms with E-state index in [9.17, 15) is 9.36 Å². The topological polar surface area (TPSA) is 34.1 Å². The second kappa shape index (κ2) is 11.9. The average Bonchev–Trinajstić information content (AvgIpc) is 2.75. The zero-order valence-corrected chi connectivity index (χ0v) is 19.0. The summed E-state index contributed by atoms with van der Waals surface area (Å²) in [6.45, 7) is 6.16. The largest absolute Gasteiger partial charge is 0.313 e. The van der Waals surface area contributed by atoms with E-state index in [1.54, 1.807) is 0 Å². The summed E-state index contributed by atoms with van der Waals surface area (Å²) < 4.78 is 14.6. The molecular weight excluding hydrogens is 375 g/mol. The standard InChI is InChI=1S/C26H35O2P/c1-4-5-6-7-8-15-20-25(27)26(21-22(2)3)29(28,23-16-11-9-12-17-23)24-18-13-10-14-19-24/h9-14,16-19,21,26H,4-8,15,20H2,1-3H3/t26-/m0/s1. The van der Waals surface area contributed by atoms with Crippen molar-refractivity contribution in [3.63, 3.8) is 0 Å². The molecule has 2 aromatic rings. The maximum Gasteiger partial charge on any atom is 0.156 e. The number of unbranched alkanes of at least 4 members (excludes halogenated alkanes) is 5. The lowest BCUT2D eigenvalue weighted by Gasteiger charge is -2.26. The van der Waals surface area contributed by atoms with E-state index in [4.69, 9.17) is 0 Å². The minimum atomic E-state index is -3.14. The number of hydrogen-bond donors (Lipinski definition) is 0. The normalized spacial score (nSPS) is 12.4. The third-order valence-electron chi connectivity index (χ3n) is 5.27. The summed E-state index contributed by atoms with van der Waals surface area (Å²) in [5.74, 6) is 0.0951. The molecule has 0 saturated carbocycles. The number of carbonyl (C=O) groups is 1. The fourth-order valence-corrected chi connectivity index (χ4v) is 6.93. The van der Waals surface area contributed by atoms with Crippen LogP contribution in [0.25, 0.3) is 0 Å². The highest BCUT2D eigenvalue weighted by Gasteiger charge is 2.39. The van der Waals surface area contributed by atoms with E-state index in [1.165, 1.54) is 25.7 Å². The Hall–Kier alpha value is -1.92. The number of ketones is 1. The van der Waals surface area contributed by atoms with E-state index in [1.807, 2.05) is 80.6 Å². The number of benzene rings is 2. The Balaban J connectivity index is 2.34. The summed E-state index contributed by atoms with van der Waals surface area (Å²) in [5.41, 5.74) is 0.423. The van der Waals surface area contributed by atoms with Gasteiger partial charge in [-0.15, -0.1) is 0 Å². The lowest BCUT2D eigenvalue weighted by Crippen LogP contribution is -2.30. The Labute approximate surface area is 176 Å². The van der Waals surface area contributed by atoms with Gasteiger partial charge in [0.05, 0.1) is 5.66 Å². The molecule has 0 bridgehead atoms. The molecule has 0 aliphatic rings. The fraction of sp³-hybridized carbons (Fsp3) is 0.423. The van der Waals surface area contributed by atoms with Gasteiger partial charge >= 0.3 is 0 Å². The van der Waals surface area contributed by atoms with Gasteiger partial charge < -0.3 is 4.57 Å². The molecule has 0 unspecified atom stereocenters. The van der Waals surface area contributed by atoms with Crippen LogP contribution in [-0.2, 0) is 9.36 Å². The van der Waals surface area contributed by atoms with E-state index in [0.29, 0.717) is 6.42 Å². The van der Waals surface area contributed by atoms with E-state index in [0.717, 1.165) is 29.0 Å². The molecule has 0 radical (unpaired) electrons. The van der Waals surface area contributed by atoms with Crippen molar-refractivity contribution in [2.75, 3.05) is 0 Å². The minimum Gasteiger partial charge on any atom is -0.313 e. The van der Waals surface area contributed by atoms with Crippen molar-refractivity contribution in [1.29, 1.82) is 0 Å². The maximum absolute atomic E-state index is 14.6. The molecule has 0 aliphatic heterocycles. The smallest absolute Gasteiger partial charge is 0.156 e. The van der Waals surface area contributed by atoms with E-state index in [-0.39, 0.29) is 5.78 Å². The van der Waals surface area contributed by atoms with Crippen LogP contribution in [0.5, 0.6) is 0 Å². The fourth-order valence-electron chi connectivity index (χ4n) is 3.71. The summed E-state index contributed by atoms with van der Waals surface area (Å²) in [6.07, 6.45) is 9.24. The molecule has 156 valence electrons. The molecule has 0 amide bonds. The van der Waals surface area contributed by atoms with E-state index >= 15 is 0 Å². The molecule has 0 aliphatic carbocycles. The highest BCUT2D eigenvalue weighted by Crippen LogP contribution is 2.50. The average molecular weight is 411 g/mol. The van der Waals surface area contributed by atoms with Crippen LogP contribution in [0.4, 0.5) is 0 Å². The Morgan fingerprint density at radius 1 is 0.828 bits per heavy atom. The van der Waals surface area contributed by atoms with Gasteiger partial charge in [-0.1, -0.05) is 111 Å². The first-order valence-electron chi connectivity index (χ1n) is 10.9. The Morgan fingerprint density at radius 3 is 1.79 bits per heavy atom. The summed E-state index contributed by atoms with van der Waals surface area (Å²) in [4.78, 5) is 13.3. The predicted molar refractivity (Wildman–Crippen MR) is 126 cm³/mol. The minimum absolute atomic E-state index is 0.0951. The number of carbonyl (C=O) groups excluding carboxylic acids is 1. The summed E-state index contributed by atoms with van der Waals surface area (Å²) in [7, 11) is -3.14.